The first-order valence-corrected chi connectivity index (χ1v) is 9.96. The zero-order valence-electron chi connectivity index (χ0n) is 15.8. The van der Waals surface area contributed by atoms with Crippen molar-refractivity contribution in [1.82, 2.24) is 20.3 Å². The van der Waals surface area contributed by atoms with Crippen LogP contribution in [0.3, 0.4) is 0 Å². The Morgan fingerprint density at radius 2 is 2.24 bits per heavy atom. The van der Waals surface area contributed by atoms with Gasteiger partial charge >= 0.3 is 0 Å². The Kier molecular flexibility index (Phi) is 5.49. The molecule has 1 saturated heterocycles. The summed E-state index contributed by atoms with van der Waals surface area (Å²) in [5, 5.41) is 6.39. The van der Waals surface area contributed by atoms with Gasteiger partial charge in [-0.05, 0) is 12.5 Å². The molecule has 2 aromatic heterocycles. The lowest BCUT2D eigenvalue weighted by molar-refractivity contribution is -0.122. The van der Waals surface area contributed by atoms with Gasteiger partial charge in [0.2, 0.25) is 5.91 Å². The van der Waals surface area contributed by atoms with E-state index in [1.54, 1.807) is 6.07 Å². The van der Waals surface area contributed by atoms with Crippen LogP contribution in [0.2, 0.25) is 5.02 Å². The van der Waals surface area contributed by atoms with E-state index in [0.29, 0.717) is 29.8 Å². The summed E-state index contributed by atoms with van der Waals surface area (Å²) in [6, 6.07) is 0.967. The fourth-order valence-corrected chi connectivity index (χ4v) is 3.95. The maximum Gasteiger partial charge on any atom is 0.242 e. The number of nitrogens with one attached hydrogen (secondary N) is 2. The number of fused-ring (bicyclic) bond motifs is 1. The summed E-state index contributed by atoms with van der Waals surface area (Å²) >= 11 is 6.06. The summed E-state index contributed by atoms with van der Waals surface area (Å²) < 4.78 is 28.8. The molecule has 2 N–H and O–H groups in total. The highest BCUT2D eigenvalue weighted by atomic mass is 35.5. The summed E-state index contributed by atoms with van der Waals surface area (Å²) in [6.07, 6.45) is 2.13. The quantitative estimate of drug-likeness (QED) is 0.770. The smallest absolute Gasteiger partial charge is 0.242 e. The molecule has 0 aliphatic carbocycles. The molecule has 2 aromatic rings. The van der Waals surface area contributed by atoms with Crippen LogP contribution in [0.15, 0.2) is 18.5 Å². The first-order valence-electron chi connectivity index (χ1n) is 9.58. The number of carbonyl (C=O) groups is 1. The highest BCUT2D eigenvalue weighted by Crippen LogP contribution is 2.36. The average Bonchev–Trinajstić information content (AvgIpc) is 3.30. The largest absolute Gasteiger partial charge is 0.369 e. The molecule has 3 atom stereocenters. The summed E-state index contributed by atoms with van der Waals surface area (Å²) in [5.74, 6) is -0.300. The zero-order chi connectivity index (χ0) is 20.5. The molecule has 0 spiro atoms. The molecule has 1 unspecified atom stereocenters. The summed E-state index contributed by atoms with van der Waals surface area (Å²) in [7, 11) is 0. The lowest BCUT2D eigenvalue weighted by Gasteiger charge is -2.25. The standard InChI is InChI=1S/C19H21ClF2N6O/c1-2-3-23-19(29)15-5-11(21)9-28(15)18-14(22)8-26-17(27-18)13-7-25-16-12(13)4-10(20)6-24-16/h4,6,8,11,13,15H,2-3,5,7,9H2,1H3,(H,23,29)(H,24,25)/t11-,13?,15+/m0/s1. The maximum absolute atomic E-state index is 14.6. The Morgan fingerprint density at radius 3 is 3.03 bits per heavy atom. The number of aromatic nitrogens is 3. The van der Waals surface area contributed by atoms with Gasteiger partial charge in [0.05, 0.1) is 23.7 Å². The van der Waals surface area contributed by atoms with Crippen LogP contribution >= 0.6 is 11.6 Å². The van der Waals surface area contributed by atoms with Crippen LogP contribution in [0.1, 0.15) is 37.1 Å². The van der Waals surface area contributed by atoms with E-state index in [9.17, 15) is 13.6 Å². The second-order valence-electron chi connectivity index (χ2n) is 7.22. The lowest BCUT2D eigenvalue weighted by atomic mass is 10.0. The SMILES string of the molecule is CCCNC(=O)[C@H]1C[C@H](F)CN1c1nc(C2CNc3ncc(Cl)cc32)ncc1F. The van der Waals surface area contributed by atoms with Crippen LogP contribution < -0.4 is 15.5 Å². The molecule has 2 aliphatic rings. The van der Waals surface area contributed by atoms with Crippen LogP contribution in [-0.4, -0.2) is 52.7 Å². The van der Waals surface area contributed by atoms with Gasteiger partial charge in [-0.25, -0.2) is 23.7 Å². The Morgan fingerprint density at radius 1 is 1.41 bits per heavy atom. The van der Waals surface area contributed by atoms with Crippen molar-refractivity contribution in [3.05, 3.63) is 40.7 Å². The molecular formula is C19H21ClF2N6O. The molecule has 29 heavy (non-hydrogen) atoms. The number of rotatable bonds is 5. The van der Waals surface area contributed by atoms with Gasteiger partial charge in [-0.2, -0.15) is 0 Å². The number of hydrogen-bond donors (Lipinski definition) is 2. The van der Waals surface area contributed by atoms with Gasteiger partial charge < -0.3 is 15.5 Å². The normalized spacial score (nSPS) is 23.0. The molecule has 154 valence electrons. The van der Waals surface area contributed by atoms with Gasteiger partial charge in [0.1, 0.15) is 23.9 Å². The zero-order valence-corrected chi connectivity index (χ0v) is 16.6. The molecule has 10 heteroatoms. The van der Waals surface area contributed by atoms with Crippen molar-refractivity contribution in [2.45, 2.75) is 37.9 Å². The Labute approximate surface area is 171 Å². The summed E-state index contributed by atoms with van der Waals surface area (Å²) in [4.78, 5) is 26.6. The minimum atomic E-state index is -1.23. The predicted octanol–water partition coefficient (Wildman–Crippen LogP) is 2.66. The number of anilines is 2. The van der Waals surface area contributed by atoms with Gasteiger partial charge in [0.25, 0.3) is 0 Å². The van der Waals surface area contributed by atoms with Gasteiger partial charge in [-0.1, -0.05) is 18.5 Å². The third-order valence-corrected chi connectivity index (χ3v) is 5.37. The van der Waals surface area contributed by atoms with Gasteiger partial charge in [-0.15, -0.1) is 0 Å². The van der Waals surface area contributed by atoms with Crippen molar-refractivity contribution >= 4 is 29.1 Å². The second-order valence-corrected chi connectivity index (χ2v) is 7.65. The molecular weight excluding hydrogens is 402 g/mol. The number of nitrogens with zero attached hydrogens (tertiary/aromatic N) is 4. The number of hydrogen-bond acceptors (Lipinski definition) is 6. The number of amides is 1. The van der Waals surface area contributed by atoms with Crippen molar-refractivity contribution < 1.29 is 13.6 Å². The van der Waals surface area contributed by atoms with E-state index in [-0.39, 0.29) is 30.6 Å². The predicted molar refractivity (Wildman–Crippen MR) is 106 cm³/mol. The lowest BCUT2D eigenvalue weighted by Crippen LogP contribution is -2.44. The van der Waals surface area contributed by atoms with E-state index in [2.05, 4.69) is 25.6 Å². The first kappa shape index (κ1) is 19.8. The minimum Gasteiger partial charge on any atom is -0.369 e. The first-order chi connectivity index (χ1) is 14.0. The average molecular weight is 423 g/mol. The molecule has 4 rings (SSSR count). The highest BCUT2D eigenvalue weighted by Gasteiger charge is 2.39. The van der Waals surface area contributed by atoms with E-state index < -0.39 is 18.0 Å². The monoisotopic (exact) mass is 422 g/mol. The second kappa shape index (κ2) is 8.06. The molecule has 0 bridgehead atoms. The van der Waals surface area contributed by atoms with E-state index in [4.69, 9.17) is 11.6 Å². The third kappa shape index (κ3) is 3.83. The number of alkyl halides is 1. The third-order valence-electron chi connectivity index (χ3n) is 5.16. The van der Waals surface area contributed by atoms with Gasteiger partial charge in [0, 0.05) is 31.3 Å². The molecule has 0 radical (unpaired) electrons. The number of carbonyl (C=O) groups excluding carboxylic acids is 1. The van der Waals surface area contributed by atoms with Crippen LogP contribution in [0.4, 0.5) is 20.4 Å². The molecule has 0 aromatic carbocycles. The number of halogens is 3. The topological polar surface area (TPSA) is 83.0 Å². The van der Waals surface area contributed by atoms with E-state index >= 15 is 0 Å². The minimum absolute atomic E-state index is 0.00166. The molecule has 1 amide bonds. The molecule has 0 saturated carbocycles. The molecule has 4 heterocycles. The molecule has 2 aliphatic heterocycles. The van der Waals surface area contributed by atoms with E-state index in [0.717, 1.165) is 18.2 Å². The molecule has 7 nitrogen and oxygen atoms in total. The van der Waals surface area contributed by atoms with Crippen LogP contribution in [0.5, 0.6) is 0 Å². The fourth-order valence-electron chi connectivity index (χ4n) is 3.78. The van der Waals surface area contributed by atoms with Crippen LogP contribution in [0.25, 0.3) is 0 Å². The van der Waals surface area contributed by atoms with Gasteiger partial charge in [0.15, 0.2) is 11.6 Å². The van der Waals surface area contributed by atoms with Crippen LogP contribution in [-0.2, 0) is 4.79 Å². The maximum atomic E-state index is 14.6. The van der Waals surface area contributed by atoms with Crippen molar-refractivity contribution in [2.75, 3.05) is 29.9 Å². The summed E-state index contributed by atoms with van der Waals surface area (Å²) in [6.45, 7) is 2.80. The van der Waals surface area contributed by atoms with Crippen molar-refractivity contribution in [2.24, 2.45) is 0 Å². The highest BCUT2D eigenvalue weighted by molar-refractivity contribution is 6.30. The Hall–Kier alpha value is -2.55. The van der Waals surface area contributed by atoms with E-state index in [1.807, 2.05) is 6.92 Å². The van der Waals surface area contributed by atoms with Crippen molar-refractivity contribution in [3.63, 3.8) is 0 Å². The summed E-state index contributed by atoms with van der Waals surface area (Å²) in [5.41, 5.74) is 0.817. The van der Waals surface area contributed by atoms with E-state index in [1.165, 1.54) is 11.1 Å². The van der Waals surface area contributed by atoms with Crippen molar-refractivity contribution in [3.8, 4) is 0 Å². The number of pyridine rings is 1. The fraction of sp³-hybridized carbons (Fsp3) is 0.474. The Bertz CT molecular complexity index is 930. The van der Waals surface area contributed by atoms with Gasteiger partial charge in [-0.3, -0.25) is 4.79 Å². The Balaban J connectivity index is 1.66. The van der Waals surface area contributed by atoms with Crippen LogP contribution in [0, 0.1) is 5.82 Å². The van der Waals surface area contributed by atoms with Crippen molar-refractivity contribution in [1.29, 1.82) is 0 Å². The molecule has 1 fully saturated rings.